The van der Waals surface area contributed by atoms with Gasteiger partial charge in [-0.1, -0.05) is 0 Å². The molecule has 0 unspecified atom stereocenters. The van der Waals surface area contributed by atoms with E-state index in [2.05, 4.69) is 54.0 Å². The van der Waals surface area contributed by atoms with Crippen molar-refractivity contribution in [1.29, 1.82) is 5.26 Å². The van der Waals surface area contributed by atoms with Crippen LogP contribution in [0.15, 0.2) is 43.1 Å². The number of anilines is 4. The van der Waals surface area contributed by atoms with E-state index in [-0.39, 0.29) is 6.10 Å². The van der Waals surface area contributed by atoms with Crippen LogP contribution in [0.5, 0.6) is 0 Å². The van der Waals surface area contributed by atoms with E-state index in [1.165, 1.54) is 0 Å². The molecule has 0 spiro atoms. The average Bonchev–Trinajstić information content (AvgIpc) is 3.32. The Kier molecular flexibility index (Phi) is 5.00. The second-order valence-corrected chi connectivity index (χ2v) is 8.80. The number of fused-ring (bicyclic) bond motifs is 1. The summed E-state index contributed by atoms with van der Waals surface area (Å²) in [5, 5.41) is 38.9. The Morgan fingerprint density at radius 3 is 2.50 bits per heavy atom. The van der Waals surface area contributed by atoms with Crippen LogP contribution in [-0.2, 0) is 0 Å². The molecular formula is C23H24N10O. The van der Waals surface area contributed by atoms with Crippen LogP contribution in [0.4, 0.5) is 22.9 Å². The van der Waals surface area contributed by atoms with Crippen molar-refractivity contribution >= 4 is 28.5 Å². The second kappa shape index (κ2) is 8.31. The topological polar surface area (TPSA) is 132 Å². The van der Waals surface area contributed by atoms with Crippen molar-refractivity contribution in [2.75, 3.05) is 28.6 Å². The maximum absolute atomic E-state index is 9.93. The highest BCUT2D eigenvalue weighted by molar-refractivity contribution is 5.75. The summed E-state index contributed by atoms with van der Waals surface area (Å²) in [6.07, 6.45) is 8.35. The number of benzene rings is 1. The molecule has 0 atom stereocenters. The van der Waals surface area contributed by atoms with E-state index in [0.717, 1.165) is 61.5 Å². The number of nitrogens with one attached hydrogen (secondary N) is 2. The van der Waals surface area contributed by atoms with E-state index in [0.29, 0.717) is 23.2 Å². The third-order valence-corrected chi connectivity index (χ3v) is 6.24. The van der Waals surface area contributed by atoms with Crippen molar-refractivity contribution < 1.29 is 5.11 Å². The van der Waals surface area contributed by atoms with Gasteiger partial charge in [-0.2, -0.15) is 9.78 Å². The van der Waals surface area contributed by atoms with E-state index < -0.39 is 0 Å². The largest absolute Gasteiger partial charge is 0.393 e. The standard InChI is InChI=1S/C23H24N10O/c24-11-19-12-25-23-21(28-15-1-2-15)10-22(30-33(19)23)29-16-7-17(31-5-3-20(34)4-6-31)9-18(8-16)32-13-26-27-14-32/h7-10,12-15,20,28,34H,1-6H2,(H,29,30). The molecule has 0 radical (unpaired) electrons. The first kappa shape index (κ1) is 20.4. The van der Waals surface area contributed by atoms with E-state index in [1.807, 2.05) is 16.7 Å². The zero-order valence-corrected chi connectivity index (χ0v) is 18.5. The van der Waals surface area contributed by atoms with Crippen LogP contribution in [0, 0.1) is 11.3 Å². The monoisotopic (exact) mass is 456 g/mol. The van der Waals surface area contributed by atoms with Gasteiger partial charge in [-0.3, -0.25) is 4.57 Å². The van der Waals surface area contributed by atoms with Crippen molar-refractivity contribution in [3.63, 3.8) is 0 Å². The van der Waals surface area contributed by atoms with Crippen LogP contribution in [-0.4, -0.2) is 59.7 Å². The summed E-state index contributed by atoms with van der Waals surface area (Å²) in [5.41, 5.74) is 4.66. The fraction of sp³-hybridized carbons (Fsp3) is 0.348. The number of nitriles is 1. The number of aliphatic hydroxyl groups excluding tert-OH is 1. The minimum atomic E-state index is -0.243. The molecule has 11 heteroatoms. The van der Waals surface area contributed by atoms with Gasteiger partial charge in [0.1, 0.15) is 18.7 Å². The lowest BCUT2D eigenvalue weighted by molar-refractivity contribution is 0.145. The highest BCUT2D eigenvalue weighted by Gasteiger charge is 2.23. The summed E-state index contributed by atoms with van der Waals surface area (Å²) in [4.78, 5) is 6.66. The molecule has 3 aromatic heterocycles. The smallest absolute Gasteiger partial charge is 0.178 e. The zero-order valence-electron chi connectivity index (χ0n) is 18.5. The molecule has 3 N–H and O–H groups in total. The maximum Gasteiger partial charge on any atom is 0.178 e. The number of hydrogen-bond acceptors (Lipinski definition) is 9. The fourth-order valence-corrected chi connectivity index (χ4v) is 4.26. The molecule has 1 aliphatic carbocycles. The molecule has 0 amide bonds. The van der Waals surface area contributed by atoms with Crippen molar-refractivity contribution in [3.05, 3.63) is 48.8 Å². The first-order chi connectivity index (χ1) is 16.7. The van der Waals surface area contributed by atoms with Crippen LogP contribution < -0.4 is 15.5 Å². The van der Waals surface area contributed by atoms with Crippen molar-refractivity contribution in [3.8, 4) is 11.8 Å². The lowest BCUT2D eigenvalue weighted by Crippen LogP contribution is -2.35. The Bertz CT molecular complexity index is 1360. The molecular weight excluding hydrogens is 432 g/mol. The Morgan fingerprint density at radius 2 is 1.76 bits per heavy atom. The molecule has 1 aliphatic heterocycles. The lowest BCUT2D eigenvalue weighted by atomic mass is 10.1. The summed E-state index contributed by atoms with van der Waals surface area (Å²) in [6, 6.07) is 10.7. The van der Waals surface area contributed by atoms with Crippen molar-refractivity contribution in [2.24, 2.45) is 0 Å². The molecule has 4 aromatic rings. The van der Waals surface area contributed by atoms with E-state index in [9.17, 15) is 10.4 Å². The summed E-state index contributed by atoms with van der Waals surface area (Å²) in [7, 11) is 0. The van der Waals surface area contributed by atoms with Gasteiger partial charge in [0.05, 0.1) is 23.7 Å². The van der Waals surface area contributed by atoms with Gasteiger partial charge < -0.3 is 20.6 Å². The minimum absolute atomic E-state index is 0.243. The minimum Gasteiger partial charge on any atom is -0.393 e. The normalized spacial score (nSPS) is 16.5. The molecule has 172 valence electrons. The van der Waals surface area contributed by atoms with Gasteiger partial charge in [-0.05, 0) is 43.9 Å². The summed E-state index contributed by atoms with van der Waals surface area (Å²) in [5.74, 6) is 0.603. The predicted molar refractivity (Wildman–Crippen MR) is 126 cm³/mol. The molecule has 2 aliphatic rings. The van der Waals surface area contributed by atoms with Crippen LogP contribution in [0.25, 0.3) is 11.3 Å². The van der Waals surface area contributed by atoms with Gasteiger partial charge in [0.2, 0.25) is 0 Å². The third kappa shape index (κ3) is 3.99. The van der Waals surface area contributed by atoms with Crippen LogP contribution in [0.3, 0.4) is 0 Å². The Hall–Kier alpha value is -4.17. The van der Waals surface area contributed by atoms with Crippen molar-refractivity contribution in [2.45, 2.75) is 37.8 Å². The van der Waals surface area contributed by atoms with E-state index in [4.69, 9.17) is 0 Å². The molecule has 2 fully saturated rings. The molecule has 1 saturated heterocycles. The zero-order chi connectivity index (χ0) is 23.1. The summed E-state index contributed by atoms with van der Waals surface area (Å²) < 4.78 is 3.43. The van der Waals surface area contributed by atoms with Crippen molar-refractivity contribution in [1.82, 2.24) is 29.4 Å². The first-order valence-electron chi connectivity index (χ1n) is 11.4. The van der Waals surface area contributed by atoms with Gasteiger partial charge in [0.15, 0.2) is 17.2 Å². The molecule has 6 rings (SSSR count). The van der Waals surface area contributed by atoms with Crippen LogP contribution in [0.2, 0.25) is 0 Å². The van der Waals surface area contributed by atoms with Gasteiger partial charge in [-0.25, -0.2) is 4.98 Å². The Labute approximate surface area is 195 Å². The number of aliphatic hydroxyl groups is 1. The van der Waals surface area contributed by atoms with Crippen LogP contribution >= 0.6 is 0 Å². The molecule has 4 heterocycles. The number of imidazole rings is 1. The van der Waals surface area contributed by atoms with Gasteiger partial charge in [-0.15, -0.1) is 15.3 Å². The molecule has 1 saturated carbocycles. The third-order valence-electron chi connectivity index (χ3n) is 6.24. The number of hydrogen-bond donors (Lipinski definition) is 3. The van der Waals surface area contributed by atoms with E-state index >= 15 is 0 Å². The highest BCUT2D eigenvalue weighted by atomic mass is 16.3. The van der Waals surface area contributed by atoms with E-state index in [1.54, 1.807) is 23.4 Å². The summed E-state index contributed by atoms with van der Waals surface area (Å²) >= 11 is 0. The number of piperidine rings is 1. The SMILES string of the molecule is N#Cc1cnc2c(NC3CC3)cc(Nc3cc(N4CCC(O)CC4)cc(-n4cnnc4)c3)nn12. The molecule has 11 nitrogen and oxygen atoms in total. The quantitative estimate of drug-likeness (QED) is 0.400. The molecule has 1 aromatic carbocycles. The molecule has 0 bridgehead atoms. The predicted octanol–water partition coefficient (Wildman–Crippen LogP) is 2.46. The number of rotatable bonds is 6. The molecule has 34 heavy (non-hydrogen) atoms. The van der Waals surface area contributed by atoms with Gasteiger partial charge in [0.25, 0.3) is 0 Å². The number of nitrogens with zero attached hydrogens (tertiary/aromatic N) is 8. The van der Waals surface area contributed by atoms with Gasteiger partial charge >= 0.3 is 0 Å². The Balaban J connectivity index is 1.39. The Morgan fingerprint density at radius 1 is 1.00 bits per heavy atom. The van der Waals surface area contributed by atoms with Gasteiger partial charge in [0, 0.05) is 36.6 Å². The summed E-state index contributed by atoms with van der Waals surface area (Å²) in [6.45, 7) is 1.57. The average molecular weight is 457 g/mol. The first-order valence-corrected chi connectivity index (χ1v) is 11.4. The number of aromatic nitrogens is 6. The highest BCUT2D eigenvalue weighted by Crippen LogP contribution is 2.31. The fourth-order valence-electron chi connectivity index (χ4n) is 4.26. The van der Waals surface area contributed by atoms with Crippen LogP contribution in [0.1, 0.15) is 31.4 Å². The lowest BCUT2D eigenvalue weighted by Gasteiger charge is -2.32. The maximum atomic E-state index is 9.93. The second-order valence-electron chi connectivity index (χ2n) is 8.80.